The fourth-order valence-electron chi connectivity index (χ4n) is 2.89. The molecular formula is C24H29ClN4O8S. The van der Waals surface area contributed by atoms with Gasteiger partial charge in [-0.15, -0.1) is 0 Å². The molecule has 12 nitrogen and oxygen atoms in total. The van der Waals surface area contributed by atoms with E-state index in [-0.39, 0.29) is 35.0 Å². The van der Waals surface area contributed by atoms with E-state index in [0.717, 1.165) is 12.3 Å². The number of pyridine rings is 1. The van der Waals surface area contributed by atoms with Crippen molar-refractivity contribution in [3.05, 3.63) is 58.4 Å². The Morgan fingerprint density at radius 1 is 0.947 bits per heavy atom. The highest BCUT2D eigenvalue weighted by atomic mass is 35.5. The minimum Gasteiger partial charge on any atom is -0.464 e. The Morgan fingerprint density at radius 3 is 2.32 bits per heavy atom. The molecule has 0 aliphatic heterocycles. The second-order valence-corrected chi connectivity index (χ2v) is 9.78. The van der Waals surface area contributed by atoms with Crippen LogP contribution in [0.3, 0.4) is 0 Å². The Morgan fingerprint density at radius 2 is 1.68 bits per heavy atom. The van der Waals surface area contributed by atoms with Crippen LogP contribution >= 0.6 is 11.6 Å². The van der Waals surface area contributed by atoms with Crippen LogP contribution < -0.4 is 15.4 Å². The first-order valence-corrected chi connectivity index (χ1v) is 13.6. The van der Waals surface area contributed by atoms with E-state index in [2.05, 4.69) is 15.6 Å². The van der Waals surface area contributed by atoms with Gasteiger partial charge < -0.3 is 20.1 Å². The summed E-state index contributed by atoms with van der Waals surface area (Å²) in [6, 6.07) is 5.97. The topological polar surface area (TPSA) is 170 Å². The van der Waals surface area contributed by atoms with Gasteiger partial charge in [0.25, 0.3) is 27.7 Å². The molecule has 0 saturated carbocycles. The summed E-state index contributed by atoms with van der Waals surface area (Å²) in [4.78, 5) is 51.8. The largest absolute Gasteiger partial charge is 0.464 e. The third-order valence-electron chi connectivity index (χ3n) is 4.78. The van der Waals surface area contributed by atoms with Crippen molar-refractivity contribution in [1.29, 1.82) is 0 Å². The molecule has 38 heavy (non-hydrogen) atoms. The van der Waals surface area contributed by atoms with Gasteiger partial charge in [0, 0.05) is 31.5 Å². The van der Waals surface area contributed by atoms with Crippen LogP contribution in [0.25, 0.3) is 0 Å². The van der Waals surface area contributed by atoms with Crippen molar-refractivity contribution in [1.82, 2.24) is 20.3 Å². The second kappa shape index (κ2) is 15.0. The highest BCUT2D eigenvalue weighted by Crippen LogP contribution is 2.23. The van der Waals surface area contributed by atoms with Crippen LogP contribution in [-0.2, 0) is 24.3 Å². The quantitative estimate of drug-likeness (QED) is 0.227. The lowest BCUT2D eigenvalue weighted by atomic mass is 10.2. The monoisotopic (exact) mass is 568 g/mol. The van der Waals surface area contributed by atoms with E-state index in [1.807, 2.05) is 18.6 Å². The Balaban J connectivity index is 1.99. The molecule has 2 aromatic rings. The Kier molecular flexibility index (Phi) is 12.1. The van der Waals surface area contributed by atoms with Crippen LogP contribution in [0.2, 0.25) is 5.02 Å². The second-order valence-electron chi connectivity index (χ2n) is 7.72. The minimum absolute atomic E-state index is 0.0949. The predicted molar refractivity (Wildman–Crippen MR) is 137 cm³/mol. The van der Waals surface area contributed by atoms with E-state index in [1.165, 1.54) is 24.3 Å². The molecule has 0 atom stereocenters. The molecule has 3 N–H and O–H groups in total. The fraction of sp³-hybridized carbons (Fsp3) is 0.375. The Labute approximate surface area is 225 Å². The van der Waals surface area contributed by atoms with Gasteiger partial charge in [0.05, 0.1) is 17.2 Å². The van der Waals surface area contributed by atoms with Crippen molar-refractivity contribution < 1.29 is 37.1 Å². The summed E-state index contributed by atoms with van der Waals surface area (Å²) in [5.74, 6) is -2.74. The zero-order chi connectivity index (χ0) is 28.1. The van der Waals surface area contributed by atoms with E-state index < -0.39 is 38.6 Å². The third-order valence-corrected chi connectivity index (χ3v) is 6.60. The van der Waals surface area contributed by atoms with Crippen molar-refractivity contribution in [2.75, 3.05) is 32.9 Å². The number of esters is 1. The van der Waals surface area contributed by atoms with Crippen LogP contribution in [0, 0.1) is 0 Å². The van der Waals surface area contributed by atoms with Crippen LogP contribution in [0.5, 0.6) is 0 Å². The number of aromatic nitrogens is 1. The summed E-state index contributed by atoms with van der Waals surface area (Å²) in [5.41, 5.74) is -0.0949. The average molecular weight is 569 g/mol. The molecule has 0 radical (unpaired) electrons. The lowest BCUT2D eigenvalue weighted by molar-refractivity contribution is -0.142. The van der Waals surface area contributed by atoms with E-state index in [9.17, 15) is 27.6 Å². The highest BCUT2D eigenvalue weighted by Gasteiger charge is 2.23. The molecule has 0 unspecified atom stereocenters. The van der Waals surface area contributed by atoms with E-state index in [1.54, 1.807) is 0 Å². The van der Waals surface area contributed by atoms with Crippen molar-refractivity contribution in [2.45, 2.75) is 31.6 Å². The van der Waals surface area contributed by atoms with Gasteiger partial charge in [-0.2, -0.15) is 0 Å². The summed E-state index contributed by atoms with van der Waals surface area (Å²) in [6.45, 7) is 5.02. The number of halogens is 1. The summed E-state index contributed by atoms with van der Waals surface area (Å²) < 4.78 is 37.4. The number of hydrogen-bond acceptors (Lipinski definition) is 9. The molecular weight excluding hydrogens is 540 g/mol. The SMILES string of the molecule is CCCOC(=O)CNC(=O)c1ccc(C(=O)NS(=O)(=O)c2ccc(C(=O)NCCCOCC)cc2Cl)cn1. The van der Waals surface area contributed by atoms with Gasteiger partial charge in [-0.3, -0.25) is 24.2 Å². The molecule has 0 aliphatic carbocycles. The van der Waals surface area contributed by atoms with Gasteiger partial charge >= 0.3 is 5.97 Å². The fourth-order valence-corrected chi connectivity index (χ4v) is 4.41. The van der Waals surface area contributed by atoms with E-state index in [0.29, 0.717) is 32.6 Å². The van der Waals surface area contributed by atoms with Gasteiger partial charge in [0.2, 0.25) is 0 Å². The average Bonchev–Trinajstić information content (AvgIpc) is 2.89. The number of benzene rings is 1. The maximum Gasteiger partial charge on any atom is 0.325 e. The minimum atomic E-state index is -4.40. The number of carbonyl (C=O) groups excluding carboxylic acids is 4. The first kappa shape index (κ1) is 30.7. The summed E-state index contributed by atoms with van der Waals surface area (Å²) in [5, 5.41) is 4.75. The van der Waals surface area contributed by atoms with Crippen LogP contribution in [-0.4, -0.2) is 70.0 Å². The van der Waals surface area contributed by atoms with Crippen molar-refractivity contribution in [3.63, 3.8) is 0 Å². The van der Waals surface area contributed by atoms with Gasteiger partial charge in [-0.1, -0.05) is 18.5 Å². The zero-order valence-corrected chi connectivity index (χ0v) is 22.5. The molecule has 0 bridgehead atoms. The lowest BCUT2D eigenvalue weighted by Gasteiger charge is -2.11. The van der Waals surface area contributed by atoms with Crippen molar-refractivity contribution in [2.24, 2.45) is 0 Å². The molecule has 0 spiro atoms. The highest BCUT2D eigenvalue weighted by molar-refractivity contribution is 7.90. The van der Waals surface area contributed by atoms with Crippen LogP contribution in [0.4, 0.5) is 0 Å². The molecule has 2 rings (SSSR count). The smallest absolute Gasteiger partial charge is 0.325 e. The number of sulfonamides is 1. The van der Waals surface area contributed by atoms with Crippen molar-refractivity contribution >= 4 is 45.3 Å². The number of nitrogens with one attached hydrogen (secondary N) is 3. The van der Waals surface area contributed by atoms with Crippen LogP contribution in [0.15, 0.2) is 41.4 Å². The third kappa shape index (κ3) is 9.39. The maximum absolute atomic E-state index is 12.7. The standard InChI is InChI=1S/C24H29ClN4O8S/c1-3-11-37-21(30)15-28-24(33)19-8-6-17(14-27-19)23(32)29-38(34,35)20-9-7-16(13-18(20)25)22(31)26-10-5-12-36-4-2/h6-9,13-14H,3-5,10-12,15H2,1-2H3,(H,26,31)(H,28,33)(H,29,32). The molecule has 0 fully saturated rings. The zero-order valence-electron chi connectivity index (χ0n) is 20.9. The first-order chi connectivity index (χ1) is 18.1. The molecule has 0 aliphatic rings. The van der Waals surface area contributed by atoms with Gasteiger partial charge in [-0.05, 0) is 50.1 Å². The number of nitrogens with zero attached hydrogens (tertiary/aromatic N) is 1. The van der Waals surface area contributed by atoms with Gasteiger partial charge in [-0.25, -0.2) is 13.1 Å². The summed E-state index contributed by atoms with van der Waals surface area (Å²) in [7, 11) is -4.40. The molecule has 1 aromatic heterocycles. The van der Waals surface area contributed by atoms with E-state index in [4.69, 9.17) is 21.1 Å². The molecule has 14 heteroatoms. The predicted octanol–water partition coefficient (Wildman–Crippen LogP) is 1.69. The molecule has 0 saturated heterocycles. The Bertz CT molecular complexity index is 1250. The Hall–Kier alpha value is -3.55. The number of rotatable bonds is 14. The lowest BCUT2D eigenvalue weighted by Crippen LogP contribution is -2.32. The summed E-state index contributed by atoms with van der Waals surface area (Å²) >= 11 is 6.11. The number of ether oxygens (including phenoxy) is 2. The van der Waals surface area contributed by atoms with Crippen molar-refractivity contribution in [3.8, 4) is 0 Å². The normalized spacial score (nSPS) is 10.9. The molecule has 1 aromatic carbocycles. The van der Waals surface area contributed by atoms with Crippen LogP contribution in [0.1, 0.15) is 57.9 Å². The maximum atomic E-state index is 12.7. The number of carbonyl (C=O) groups is 4. The molecule has 3 amide bonds. The molecule has 1 heterocycles. The van der Waals surface area contributed by atoms with Gasteiger partial charge in [0.15, 0.2) is 0 Å². The summed E-state index contributed by atoms with van der Waals surface area (Å²) in [6.07, 6.45) is 2.26. The van der Waals surface area contributed by atoms with E-state index >= 15 is 0 Å². The molecule has 206 valence electrons. The number of hydrogen-bond donors (Lipinski definition) is 3. The van der Waals surface area contributed by atoms with Gasteiger partial charge in [0.1, 0.15) is 17.1 Å². The first-order valence-electron chi connectivity index (χ1n) is 11.7. The number of amides is 3.